The van der Waals surface area contributed by atoms with Gasteiger partial charge in [0.1, 0.15) is 11.6 Å². The second-order valence-corrected chi connectivity index (χ2v) is 7.45. The topological polar surface area (TPSA) is 50.2 Å². The Morgan fingerprint density at radius 2 is 2.00 bits per heavy atom. The molecule has 1 aromatic carbocycles. The van der Waals surface area contributed by atoms with E-state index in [1.54, 1.807) is 24.4 Å². The van der Waals surface area contributed by atoms with Crippen LogP contribution in [-0.2, 0) is 0 Å². The Morgan fingerprint density at radius 1 is 1.19 bits per heavy atom. The molecule has 1 amide bonds. The third-order valence-corrected chi connectivity index (χ3v) is 5.64. The zero-order chi connectivity index (χ0) is 17.9. The average Bonchev–Trinajstić information content (AvgIpc) is 3.07. The number of rotatable bonds is 5. The Labute approximate surface area is 153 Å². The van der Waals surface area contributed by atoms with Gasteiger partial charge in [-0.2, -0.15) is 5.10 Å². The van der Waals surface area contributed by atoms with Crippen LogP contribution in [0.25, 0.3) is 0 Å². The maximum absolute atomic E-state index is 13.3. The van der Waals surface area contributed by atoms with Crippen LogP contribution in [0.4, 0.5) is 10.2 Å². The van der Waals surface area contributed by atoms with Crippen LogP contribution >= 0.6 is 0 Å². The van der Waals surface area contributed by atoms with Crippen molar-refractivity contribution in [2.75, 3.05) is 25.0 Å². The molecule has 0 radical (unpaired) electrons. The third-order valence-electron chi connectivity index (χ3n) is 5.64. The van der Waals surface area contributed by atoms with Gasteiger partial charge in [0.2, 0.25) is 0 Å². The number of hydrogen-bond acceptors (Lipinski definition) is 3. The number of nitrogens with one attached hydrogen (secondary N) is 1. The second kappa shape index (κ2) is 7.58. The number of hydrogen-bond donors (Lipinski definition) is 1. The number of halogens is 1. The SMILES string of the molecule is O=C(Nc1ccnn1C1CCN(CC2CCC2)CC1)c1cccc(F)c1. The van der Waals surface area contributed by atoms with E-state index < -0.39 is 5.82 Å². The molecule has 5 nitrogen and oxygen atoms in total. The lowest BCUT2D eigenvalue weighted by Gasteiger charge is -2.37. The lowest BCUT2D eigenvalue weighted by Crippen LogP contribution is -2.39. The largest absolute Gasteiger partial charge is 0.307 e. The molecule has 4 rings (SSSR count). The van der Waals surface area contributed by atoms with Crippen molar-refractivity contribution in [3.8, 4) is 0 Å². The summed E-state index contributed by atoms with van der Waals surface area (Å²) in [6, 6.07) is 7.83. The zero-order valence-corrected chi connectivity index (χ0v) is 14.9. The molecule has 1 saturated heterocycles. The van der Waals surface area contributed by atoms with E-state index in [1.165, 1.54) is 37.9 Å². The van der Waals surface area contributed by atoms with Crippen LogP contribution in [0.1, 0.15) is 48.5 Å². The summed E-state index contributed by atoms with van der Waals surface area (Å²) in [7, 11) is 0. The summed E-state index contributed by atoms with van der Waals surface area (Å²) in [6.45, 7) is 3.39. The van der Waals surface area contributed by atoms with Gasteiger partial charge >= 0.3 is 0 Å². The highest BCUT2D eigenvalue weighted by molar-refractivity contribution is 6.03. The lowest BCUT2D eigenvalue weighted by atomic mass is 9.84. The Morgan fingerprint density at radius 3 is 2.69 bits per heavy atom. The van der Waals surface area contributed by atoms with E-state index in [2.05, 4.69) is 15.3 Å². The second-order valence-electron chi connectivity index (χ2n) is 7.45. The number of amides is 1. The van der Waals surface area contributed by atoms with E-state index in [0.717, 1.165) is 31.8 Å². The summed E-state index contributed by atoms with van der Waals surface area (Å²) in [4.78, 5) is 14.9. The number of piperidine rings is 1. The van der Waals surface area contributed by atoms with E-state index in [1.807, 2.05) is 4.68 Å². The van der Waals surface area contributed by atoms with E-state index in [0.29, 0.717) is 17.4 Å². The average molecular weight is 356 g/mol. The van der Waals surface area contributed by atoms with E-state index >= 15 is 0 Å². The first-order valence-corrected chi connectivity index (χ1v) is 9.52. The normalized spacial score (nSPS) is 19.3. The molecule has 26 heavy (non-hydrogen) atoms. The number of likely N-dealkylation sites (tertiary alicyclic amines) is 1. The van der Waals surface area contributed by atoms with Gasteiger partial charge in [-0.3, -0.25) is 4.79 Å². The van der Waals surface area contributed by atoms with Crippen molar-refractivity contribution >= 4 is 11.7 Å². The van der Waals surface area contributed by atoms with Gasteiger partial charge in [0.15, 0.2) is 0 Å². The minimum Gasteiger partial charge on any atom is -0.307 e. The fraction of sp³-hybridized carbons (Fsp3) is 0.500. The highest BCUT2D eigenvalue weighted by atomic mass is 19.1. The van der Waals surface area contributed by atoms with Crippen molar-refractivity contribution < 1.29 is 9.18 Å². The molecular weight excluding hydrogens is 331 g/mol. The Hall–Kier alpha value is -2.21. The summed E-state index contributed by atoms with van der Waals surface area (Å²) in [5, 5.41) is 7.30. The molecule has 2 fully saturated rings. The van der Waals surface area contributed by atoms with Crippen molar-refractivity contribution in [1.82, 2.24) is 14.7 Å². The maximum atomic E-state index is 13.3. The zero-order valence-electron chi connectivity index (χ0n) is 14.9. The van der Waals surface area contributed by atoms with E-state index in [4.69, 9.17) is 0 Å². The molecule has 2 heterocycles. The van der Waals surface area contributed by atoms with E-state index in [9.17, 15) is 9.18 Å². The summed E-state index contributed by atoms with van der Waals surface area (Å²) in [5.74, 6) is 0.854. The molecule has 0 unspecified atom stereocenters. The van der Waals surface area contributed by atoms with Gasteiger partial charge in [-0.05, 0) is 49.8 Å². The number of carbonyl (C=O) groups excluding carboxylic acids is 1. The fourth-order valence-electron chi connectivity index (χ4n) is 3.91. The monoisotopic (exact) mass is 356 g/mol. The molecule has 2 aromatic rings. The summed E-state index contributed by atoms with van der Waals surface area (Å²) in [5.41, 5.74) is 0.313. The van der Waals surface area contributed by atoms with Crippen molar-refractivity contribution in [2.45, 2.75) is 38.1 Å². The van der Waals surface area contributed by atoms with Gasteiger partial charge in [-0.15, -0.1) is 0 Å². The van der Waals surface area contributed by atoms with Gasteiger partial charge in [0.05, 0.1) is 12.2 Å². The highest BCUT2D eigenvalue weighted by Gasteiger charge is 2.26. The Bertz CT molecular complexity index is 763. The van der Waals surface area contributed by atoms with Crippen molar-refractivity contribution in [3.05, 3.63) is 47.9 Å². The molecule has 1 saturated carbocycles. The van der Waals surface area contributed by atoms with Crippen LogP contribution in [0, 0.1) is 11.7 Å². The Kier molecular flexibility index (Phi) is 5.02. The quantitative estimate of drug-likeness (QED) is 0.888. The predicted molar refractivity (Wildman–Crippen MR) is 98.6 cm³/mol. The molecule has 0 spiro atoms. The number of anilines is 1. The van der Waals surface area contributed by atoms with Gasteiger partial charge in [-0.1, -0.05) is 12.5 Å². The minimum atomic E-state index is -0.412. The van der Waals surface area contributed by atoms with Crippen molar-refractivity contribution in [1.29, 1.82) is 0 Å². The first-order chi connectivity index (χ1) is 12.7. The lowest BCUT2D eigenvalue weighted by molar-refractivity contribution is 0.102. The van der Waals surface area contributed by atoms with Crippen LogP contribution in [0.3, 0.4) is 0 Å². The number of nitrogens with zero attached hydrogens (tertiary/aromatic N) is 3. The molecule has 6 heteroatoms. The number of carbonyl (C=O) groups is 1. The third kappa shape index (κ3) is 3.80. The highest BCUT2D eigenvalue weighted by Crippen LogP contribution is 2.30. The van der Waals surface area contributed by atoms with Crippen LogP contribution in [0.2, 0.25) is 0 Å². The van der Waals surface area contributed by atoms with Crippen molar-refractivity contribution in [3.63, 3.8) is 0 Å². The number of benzene rings is 1. The molecule has 0 bridgehead atoms. The molecule has 2 aliphatic rings. The van der Waals surface area contributed by atoms with Crippen molar-refractivity contribution in [2.24, 2.45) is 5.92 Å². The molecule has 1 aliphatic carbocycles. The van der Waals surface area contributed by atoms with E-state index in [-0.39, 0.29) is 5.91 Å². The van der Waals surface area contributed by atoms with Crippen LogP contribution < -0.4 is 5.32 Å². The van der Waals surface area contributed by atoms with Gasteiger partial charge in [0.25, 0.3) is 5.91 Å². The summed E-state index contributed by atoms with van der Waals surface area (Å²) in [6.07, 6.45) is 7.95. The van der Waals surface area contributed by atoms with Crippen LogP contribution in [0.5, 0.6) is 0 Å². The van der Waals surface area contributed by atoms with Crippen LogP contribution in [-0.4, -0.2) is 40.2 Å². The smallest absolute Gasteiger partial charge is 0.256 e. The molecule has 138 valence electrons. The van der Waals surface area contributed by atoms with Gasteiger partial charge in [-0.25, -0.2) is 9.07 Å². The van der Waals surface area contributed by atoms with Gasteiger partial charge < -0.3 is 10.2 Å². The minimum absolute atomic E-state index is 0.297. The number of aromatic nitrogens is 2. The molecule has 1 aromatic heterocycles. The van der Waals surface area contributed by atoms with Crippen LogP contribution in [0.15, 0.2) is 36.5 Å². The molecule has 0 atom stereocenters. The first kappa shape index (κ1) is 17.2. The maximum Gasteiger partial charge on any atom is 0.256 e. The summed E-state index contributed by atoms with van der Waals surface area (Å²) < 4.78 is 15.2. The Balaban J connectivity index is 1.37. The first-order valence-electron chi connectivity index (χ1n) is 9.52. The van der Waals surface area contributed by atoms with Gasteiger partial charge in [0, 0.05) is 31.3 Å². The molecule has 1 N–H and O–H groups in total. The molecule has 1 aliphatic heterocycles. The summed E-state index contributed by atoms with van der Waals surface area (Å²) >= 11 is 0. The molecular formula is C20H25FN4O. The fourth-order valence-corrected chi connectivity index (χ4v) is 3.91. The standard InChI is InChI=1S/C20H25FN4O/c21-17-6-2-5-16(13-17)20(26)23-19-7-10-22-25(19)18-8-11-24(12-9-18)14-15-3-1-4-15/h2,5-7,10,13,15,18H,1,3-4,8-9,11-12,14H2,(H,23,26). The predicted octanol–water partition coefficient (Wildman–Crippen LogP) is 3.71.